The van der Waals surface area contributed by atoms with Gasteiger partial charge in [-0.3, -0.25) is 9.69 Å². The van der Waals surface area contributed by atoms with Crippen molar-refractivity contribution in [3.63, 3.8) is 0 Å². The fourth-order valence-corrected chi connectivity index (χ4v) is 4.33. The van der Waals surface area contributed by atoms with Crippen LogP contribution in [0, 0.1) is 5.92 Å². The van der Waals surface area contributed by atoms with Gasteiger partial charge in [0.1, 0.15) is 11.6 Å². The number of methoxy groups -OCH3 is 2. The van der Waals surface area contributed by atoms with E-state index in [9.17, 15) is 4.79 Å². The predicted octanol–water partition coefficient (Wildman–Crippen LogP) is 3.45. The molecular weight excluding hydrogens is 442 g/mol. The van der Waals surface area contributed by atoms with Gasteiger partial charge in [-0.1, -0.05) is 19.9 Å². The van der Waals surface area contributed by atoms with Crippen LogP contribution in [0.25, 0.3) is 0 Å². The van der Waals surface area contributed by atoms with Crippen LogP contribution in [0.2, 0.25) is 0 Å². The van der Waals surface area contributed by atoms with Crippen molar-refractivity contribution in [3.8, 4) is 17.2 Å². The van der Waals surface area contributed by atoms with Crippen LogP contribution in [0.15, 0.2) is 23.6 Å². The van der Waals surface area contributed by atoms with Gasteiger partial charge < -0.3 is 23.8 Å². The fraction of sp³-hybridized carbons (Fsp3) is 0.583. The normalized spacial score (nSPS) is 14.3. The maximum Gasteiger partial charge on any atom is 0.223 e. The molecule has 0 bridgehead atoms. The van der Waals surface area contributed by atoms with E-state index < -0.39 is 0 Å². The van der Waals surface area contributed by atoms with Gasteiger partial charge >= 0.3 is 0 Å². The number of carbonyl (C=O) groups is 1. The standard InChI is InChI=1S/C24H35N3O5S/c1-18(2)14-23(28)27(9-8-26-10-12-31-13-11-26)15-19-17-33-22(25-19)16-32-24-20(29-3)6-5-7-21(24)30-4/h5-7,17-18H,8-16H2,1-4H3. The fourth-order valence-electron chi connectivity index (χ4n) is 3.63. The van der Waals surface area contributed by atoms with Gasteiger partial charge in [0.2, 0.25) is 11.7 Å². The number of hydrogen-bond donors (Lipinski definition) is 0. The van der Waals surface area contributed by atoms with Gasteiger partial charge in [0, 0.05) is 38.0 Å². The van der Waals surface area contributed by atoms with Gasteiger partial charge in [-0.25, -0.2) is 4.98 Å². The second-order valence-electron chi connectivity index (χ2n) is 8.38. The van der Waals surface area contributed by atoms with Crippen LogP contribution in [0.1, 0.15) is 31.0 Å². The summed E-state index contributed by atoms with van der Waals surface area (Å²) < 4.78 is 22.2. The van der Waals surface area contributed by atoms with E-state index in [0.717, 1.165) is 43.5 Å². The summed E-state index contributed by atoms with van der Waals surface area (Å²) in [5.74, 6) is 2.26. The lowest BCUT2D eigenvalue weighted by Crippen LogP contribution is -2.43. The molecule has 0 atom stereocenters. The van der Waals surface area contributed by atoms with E-state index in [1.807, 2.05) is 28.5 Å². The van der Waals surface area contributed by atoms with Crippen molar-refractivity contribution >= 4 is 17.2 Å². The Morgan fingerprint density at radius 2 is 1.91 bits per heavy atom. The molecular formula is C24H35N3O5S. The minimum Gasteiger partial charge on any atom is -0.493 e. The minimum absolute atomic E-state index is 0.169. The first-order valence-electron chi connectivity index (χ1n) is 11.3. The number of hydrogen-bond acceptors (Lipinski definition) is 8. The third kappa shape index (κ3) is 7.58. The lowest BCUT2D eigenvalue weighted by Gasteiger charge is -2.30. The molecule has 1 amide bonds. The van der Waals surface area contributed by atoms with Crippen LogP contribution >= 0.6 is 11.3 Å². The number of benzene rings is 1. The quantitative estimate of drug-likeness (QED) is 0.464. The molecule has 1 aliphatic rings. The number of nitrogens with zero attached hydrogens (tertiary/aromatic N) is 3. The van der Waals surface area contributed by atoms with Gasteiger partial charge in [0.05, 0.1) is 39.7 Å². The number of thiazole rings is 1. The summed E-state index contributed by atoms with van der Waals surface area (Å²) in [5.41, 5.74) is 0.879. The molecule has 2 aromatic rings. The highest BCUT2D eigenvalue weighted by Gasteiger charge is 2.19. The summed E-state index contributed by atoms with van der Waals surface area (Å²) in [6.45, 7) is 9.82. The number of para-hydroxylation sites is 1. The lowest BCUT2D eigenvalue weighted by molar-refractivity contribution is -0.133. The highest BCUT2D eigenvalue weighted by Crippen LogP contribution is 2.37. The predicted molar refractivity (Wildman–Crippen MR) is 128 cm³/mol. The van der Waals surface area contributed by atoms with Crippen LogP contribution in [0.4, 0.5) is 0 Å². The summed E-state index contributed by atoms with van der Waals surface area (Å²) in [6.07, 6.45) is 0.539. The number of aromatic nitrogens is 1. The Hall–Kier alpha value is -2.36. The summed E-state index contributed by atoms with van der Waals surface area (Å²) in [5, 5.41) is 2.84. The molecule has 182 valence electrons. The summed E-state index contributed by atoms with van der Waals surface area (Å²) in [4.78, 5) is 21.9. The molecule has 0 unspecified atom stereocenters. The molecule has 1 fully saturated rings. The van der Waals surface area contributed by atoms with Crippen molar-refractivity contribution in [1.29, 1.82) is 0 Å². The molecule has 9 heteroatoms. The van der Waals surface area contributed by atoms with Crippen LogP contribution in [-0.2, 0) is 22.7 Å². The molecule has 1 aliphatic heterocycles. The van der Waals surface area contributed by atoms with Crippen LogP contribution < -0.4 is 14.2 Å². The van der Waals surface area contributed by atoms with E-state index in [1.165, 1.54) is 11.3 Å². The van der Waals surface area contributed by atoms with E-state index in [2.05, 4.69) is 18.7 Å². The Labute approximate surface area is 200 Å². The minimum atomic E-state index is 0.169. The average molecular weight is 478 g/mol. The lowest BCUT2D eigenvalue weighted by atomic mass is 10.1. The largest absolute Gasteiger partial charge is 0.493 e. The molecule has 2 heterocycles. The smallest absolute Gasteiger partial charge is 0.223 e. The molecule has 1 aromatic carbocycles. The summed E-state index contributed by atoms with van der Waals surface area (Å²) in [6, 6.07) is 5.52. The van der Waals surface area contributed by atoms with E-state index >= 15 is 0 Å². The number of amides is 1. The molecule has 0 aliphatic carbocycles. The van der Waals surface area contributed by atoms with Gasteiger partial charge in [-0.15, -0.1) is 11.3 Å². The van der Waals surface area contributed by atoms with Gasteiger partial charge in [0.15, 0.2) is 11.5 Å². The Balaban J connectivity index is 1.62. The number of ether oxygens (including phenoxy) is 4. The molecule has 1 saturated heterocycles. The van der Waals surface area contributed by atoms with E-state index in [0.29, 0.717) is 49.3 Å². The van der Waals surface area contributed by atoms with Crippen LogP contribution in [-0.4, -0.2) is 74.3 Å². The first-order chi connectivity index (χ1) is 16.0. The summed E-state index contributed by atoms with van der Waals surface area (Å²) >= 11 is 1.53. The van der Waals surface area contributed by atoms with Gasteiger partial charge in [-0.05, 0) is 18.1 Å². The van der Waals surface area contributed by atoms with Crippen LogP contribution in [0.3, 0.4) is 0 Å². The Morgan fingerprint density at radius 3 is 2.55 bits per heavy atom. The Morgan fingerprint density at radius 1 is 1.21 bits per heavy atom. The van der Waals surface area contributed by atoms with E-state index in [4.69, 9.17) is 23.9 Å². The summed E-state index contributed by atoms with van der Waals surface area (Å²) in [7, 11) is 3.20. The van der Waals surface area contributed by atoms with Gasteiger partial charge in [0.25, 0.3) is 0 Å². The monoisotopic (exact) mass is 477 g/mol. The average Bonchev–Trinajstić information content (AvgIpc) is 3.27. The highest BCUT2D eigenvalue weighted by molar-refractivity contribution is 7.09. The number of rotatable bonds is 12. The molecule has 0 radical (unpaired) electrons. The Kier molecular flexibility index (Phi) is 9.77. The van der Waals surface area contributed by atoms with Crippen LogP contribution in [0.5, 0.6) is 17.2 Å². The zero-order chi connectivity index (χ0) is 23.6. The zero-order valence-corrected chi connectivity index (χ0v) is 20.9. The third-order valence-electron chi connectivity index (χ3n) is 5.40. The first kappa shape index (κ1) is 25.3. The molecule has 33 heavy (non-hydrogen) atoms. The number of morpholine rings is 1. The molecule has 3 rings (SSSR count). The third-order valence-corrected chi connectivity index (χ3v) is 6.27. The molecule has 0 saturated carbocycles. The SMILES string of the molecule is COc1cccc(OC)c1OCc1nc(CN(CCN2CCOCC2)C(=O)CC(C)C)cs1. The first-order valence-corrected chi connectivity index (χ1v) is 12.2. The van der Waals surface area contributed by atoms with E-state index in [-0.39, 0.29) is 5.91 Å². The van der Waals surface area contributed by atoms with Crippen molar-refractivity contribution in [2.45, 2.75) is 33.4 Å². The second kappa shape index (κ2) is 12.8. The molecule has 0 spiro atoms. The van der Waals surface area contributed by atoms with Crippen molar-refractivity contribution < 1.29 is 23.7 Å². The van der Waals surface area contributed by atoms with Crippen molar-refractivity contribution in [2.24, 2.45) is 5.92 Å². The zero-order valence-electron chi connectivity index (χ0n) is 20.0. The van der Waals surface area contributed by atoms with Crippen molar-refractivity contribution in [3.05, 3.63) is 34.3 Å². The molecule has 0 N–H and O–H groups in total. The number of carbonyl (C=O) groups excluding carboxylic acids is 1. The molecule has 1 aromatic heterocycles. The van der Waals surface area contributed by atoms with Gasteiger partial charge in [-0.2, -0.15) is 0 Å². The van der Waals surface area contributed by atoms with E-state index in [1.54, 1.807) is 14.2 Å². The second-order valence-corrected chi connectivity index (χ2v) is 9.32. The van der Waals surface area contributed by atoms with Crippen molar-refractivity contribution in [1.82, 2.24) is 14.8 Å². The highest BCUT2D eigenvalue weighted by atomic mass is 32.1. The Bertz CT molecular complexity index is 860. The maximum atomic E-state index is 12.9. The molecule has 8 nitrogen and oxygen atoms in total. The topological polar surface area (TPSA) is 73.4 Å². The maximum absolute atomic E-state index is 12.9. The van der Waals surface area contributed by atoms with Crippen molar-refractivity contribution in [2.75, 3.05) is 53.6 Å².